The molecule has 0 atom stereocenters. The summed E-state index contributed by atoms with van der Waals surface area (Å²) in [5, 5.41) is 8.12. The Bertz CT molecular complexity index is 635. The van der Waals surface area contributed by atoms with Gasteiger partial charge in [0.15, 0.2) is 4.34 Å². The topological polar surface area (TPSA) is 108 Å². The highest BCUT2D eigenvalue weighted by Gasteiger charge is 2.09. The number of hydrogen-bond donors (Lipinski definition) is 1. The first-order chi connectivity index (χ1) is 8.81. The zero-order chi connectivity index (χ0) is 12.4. The van der Waals surface area contributed by atoms with E-state index in [-0.39, 0.29) is 5.95 Å². The standard InChI is InChI=1S/C8H6N8S2/c9-5-12-6(16-2-1-10-3-16)14-7(13-5)18-8-15-11-4-17-8/h1-4H,(H2,9,12,13,14). The monoisotopic (exact) mass is 278 g/mol. The van der Waals surface area contributed by atoms with E-state index in [1.165, 1.54) is 23.1 Å². The fourth-order valence-corrected chi connectivity index (χ4v) is 2.52. The average Bonchev–Trinajstić information content (AvgIpc) is 3.00. The van der Waals surface area contributed by atoms with Crippen molar-refractivity contribution in [2.75, 3.05) is 5.73 Å². The van der Waals surface area contributed by atoms with Gasteiger partial charge in [0.05, 0.1) is 0 Å². The molecular weight excluding hydrogens is 272 g/mol. The van der Waals surface area contributed by atoms with Gasteiger partial charge in [0.25, 0.3) is 0 Å². The van der Waals surface area contributed by atoms with Crippen molar-refractivity contribution >= 4 is 29.0 Å². The van der Waals surface area contributed by atoms with E-state index in [9.17, 15) is 0 Å². The van der Waals surface area contributed by atoms with Crippen LogP contribution in [0.5, 0.6) is 0 Å². The predicted octanol–water partition coefficient (Wildman–Crippen LogP) is 0.642. The number of hydrogen-bond acceptors (Lipinski definition) is 9. The molecule has 3 heterocycles. The van der Waals surface area contributed by atoms with Crippen molar-refractivity contribution in [1.29, 1.82) is 0 Å². The number of rotatable bonds is 3. The maximum absolute atomic E-state index is 5.65. The van der Waals surface area contributed by atoms with Crippen LogP contribution in [0.15, 0.2) is 33.7 Å². The number of nitrogen functional groups attached to an aromatic ring is 1. The third-order valence-electron chi connectivity index (χ3n) is 1.87. The van der Waals surface area contributed by atoms with E-state index in [1.54, 1.807) is 28.8 Å². The van der Waals surface area contributed by atoms with Crippen LogP contribution in [0.25, 0.3) is 5.95 Å². The first kappa shape index (κ1) is 11.0. The van der Waals surface area contributed by atoms with Gasteiger partial charge in [-0.1, -0.05) is 11.3 Å². The molecule has 18 heavy (non-hydrogen) atoms. The molecular formula is C8H6N8S2. The smallest absolute Gasteiger partial charge is 0.240 e. The zero-order valence-electron chi connectivity index (χ0n) is 8.83. The Balaban J connectivity index is 1.96. The molecule has 10 heteroatoms. The van der Waals surface area contributed by atoms with Gasteiger partial charge in [-0.15, -0.1) is 10.2 Å². The van der Waals surface area contributed by atoms with Gasteiger partial charge in [-0.3, -0.25) is 4.57 Å². The number of aromatic nitrogens is 7. The summed E-state index contributed by atoms with van der Waals surface area (Å²) < 4.78 is 2.40. The van der Waals surface area contributed by atoms with Crippen molar-refractivity contribution < 1.29 is 0 Å². The second-order valence-corrected chi connectivity index (χ2v) is 5.10. The summed E-state index contributed by atoms with van der Waals surface area (Å²) >= 11 is 2.70. The van der Waals surface area contributed by atoms with Crippen LogP contribution in [0.3, 0.4) is 0 Å². The van der Waals surface area contributed by atoms with E-state index >= 15 is 0 Å². The molecule has 0 aromatic carbocycles. The molecule has 0 aliphatic rings. The quantitative estimate of drug-likeness (QED) is 0.743. The van der Waals surface area contributed by atoms with E-state index in [4.69, 9.17) is 5.73 Å². The maximum atomic E-state index is 5.65. The van der Waals surface area contributed by atoms with Gasteiger partial charge in [0.1, 0.15) is 11.8 Å². The summed E-state index contributed by atoms with van der Waals surface area (Å²) in [6, 6.07) is 0. The lowest BCUT2D eigenvalue weighted by Gasteiger charge is -2.02. The first-order valence-corrected chi connectivity index (χ1v) is 6.45. The molecule has 0 bridgehead atoms. The minimum absolute atomic E-state index is 0.153. The van der Waals surface area contributed by atoms with Crippen LogP contribution in [0.2, 0.25) is 0 Å². The van der Waals surface area contributed by atoms with Gasteiger partial charge in [-0.2, -0.15) is 15.0 Å². The summed E-state index contributed by atoms with van der Waals surface area (Å²) in [6.07, 6.45) is 4.96. The molecule has 90 valence electrons. The Kier molecular flexibility index (Phi) is 2.86. The molecule has 3 aromatic heterocycles. The van der Waals surface area contributed by atoms with Crippen molar-refractivity contribution in [3.8, 4) is 5.95 Å². The molecule has 0 saturated carbocycles. The van der Waals surface area contributed by atoms with Crippen molar-refractivity contribution in [1.82, 2.24) is 34.7 Å². The van der Waals surface area contributed by atoms with E-state index in [0.29, 0.717) is 11.1 Å². The first-order valence-electron chi connectivity index (χ1n) is 4.75. The van der Waals surface area contributed by atoms with Crippen LogP contribution < -0.4 is 5.73 Å². The Morgan fingerprint density at radius 1 is 1.28 bits per heavy atom. The molecule has 0 aliphatic carbocycles. The highest BCUT2D eigenvalue weighted by molar-refractivity contribution is 8.00. The Morgan fingerprint density at radius 2 is 2.22 bits per heavy atom. The molecule has 0 fully saturated rings. The number of nitrogens with two attached hydrogens (primary N) is 1. The van der Waals surface area contributed by atoms with Crippen LogP contribution in [0.1, 0.15) is 0 Å². The van der Waals surface area contributed by atoms with Gasteiger partial charge < -0.3 is 5.73 Å². The summed E-state index contributed by atoms with van der Waals surface area (Å²) in [5.74, 6) is 0.577. The number of anilines is 1. The number of nitrogens with zero attached hydrogens (tertiary/aromatic N) is 7. The summed E-state index contributed by atoms with van der Waals surface area (Å²) in [5.41, 5.74) is 7.30. The molecule has 3 rings (SSSR count). The van der Waals surface area contributed by atoms with Crippen LogP contribution in [0, 0.1) is 0 Å². The largest absolute Gasteiger partial charge is 0.368 e. The van der Waals surface area contributed by atoms with Gasteiger partial charge in [0, 0.05) is 12.4 Å². The molecule has 0 spiro atoms. The van der Waals surface area contributed by atoms with Crippen LogP contribution in [0.4, 0.5) is 5.95 Å². The van der Waals surface area contributed by atoms with Gasteiger partial charge in [0.2, 0.25) is 17.1 Å². The third-order valence-corrected chi connectivity index (χ3v) is 3.52. The molecule has 0 aliphatic heterocycles. The van der Waals surface area contributed by atoms with Crippen molar-refractivity contribution in [3.63, 3.8) is 0 Å². The van der Waals surface area contributed by atoms with Crippen molar-refractivity contribution in [2.45, 2.75) is 9.50 Å². The minimum Gasteiger partial charge on any atom is -0.368 e. The fourth-order valence-electron chi connectivity index (χ4n) is 1.19. The fraction of sp³-hybridized carbons (Fsp3) is 0. The lowest BCUT2D eigenvalue weighted by atomic mass is 10.8. The van der Waals surface area contributed by atoms with Gasteiger partial charge >= 0.3 is 0 Å². The highest BCUT2D eigenvalue weighted by atomic mass is 32.2. The minimum atomic E-state index is 0.153. The second kappa shape index (κ2) is 4.66. The molecule has 0 saturated heterocycles. The number of imidazole rings is 1. The lowest BCUT2D eigenvalue weighted by molar-refractivity contribution is 0.831. The molecule has 0 radical (unpaired) electrons. The summed E-state index contributed by atoms with van der Waals surface area (Å²) in [6.45, 7) is 0. The van der Waals surface area contributed by atoms with E-state index in [2.05, 4.69) is 30.1 Å². The lowest BCUT2D eigenvalue weighted by Crippen LogP contribution is -2.05. The summed E-state index contributed by atoms with van der Waals surface area (Å²) in [7, 11) is 0. The molecule has 2 N–H and O–H groups in total. The van der Waals surface area contributed by atoms with Crippen LogP contribution in [-0.2, 0) is 0 Å². The summed E-state index contributed by atoms with van der Waals surface area (Å²) in [4.78, 5) is 16.3. The Morgan fingerprint density at radius 3 is 2.94 bits per heavy atom. The highest BCUT2D eigenvalue weighted by Crippen LogP contribution is 2.25. The van der Waals surface area contributed by atoms with Crippen molar-refractivity contribution in [3.05, 3.63) is 24.2 Å². The van der Waals surface area contributed by atoms with E-state index < -0.39 is 0 Å². The van der Waals surface area contributed by atoms with Gasteiger partial charge in [-0.25, -0.2) is 4.98 Å². The average molecular weight is 278 g/mol. The van der Waals surface area contributed by atoms with E-state index in [1.807, 2.05) is 0 Å². The third kappa shape index (κ3) is 2.28. The maximum Gasteiger partial charge on any atom is 0.240 e. The van der Waals surface area contributed by atoms with Crippen molar-refractivity contribution in [2.24, 2.45) is 0 Å². The predicted molar refractivity (Wildman–Crippen MR) is 65.4 cm³/mol. The Hall–Kier alpha value is -2.07. The van der Waals surface area contributed by atoms with E-state index in [0.717, 1.165) is 4.34 Å². The normalized spacial score (nSPS) is 10.7. The molecule has 0 amide bonds. The molecule has 0 unspecified atom stereocenters. The van der Waals surface area contributed by atoms with Crippen LogP contribution >= 0.6 is 23.1 Å². The molecule has 3 aromatic rings. The van der Waals surface area contributed by atoms with Gasteiger partial charge in [-0.05, 0) is 11.8 Å². The molecule has 8 nitrogen and oxygen atoms in total. The SMILES string of the molecule is Nc1nc(Sc2nncs2)nc(-n2ccnc2)n1. The second-order valence-electron chi connectivity index (χ2n) is 3.05. The van der Waals surface area contributed by atoms with Crippen LogP contribution in [-0.4, -0.2) is 34.7 Å². The zero-order valence-corrected chi connectivity index (χ0v) is 10.5. The Labute approximate surface area is 109 Å².